The van der Waals surface area contributed by atoms with Crippen LogP contribution in [0, 0.1) is 0 Å². The Hall–Kier alpha value is -6.74. The highest BCUT2D eigenvalue weighted by Crippen LogP contribution is 2.43. The van der Waals surface area contributed by atoms with Gasteiger partial charge >= 0.3 is 0 Å². The van der Waals surface area contributed by atoms with Gasteiger partial charge in [-0.05, 0) is 120 Å². The van der Waals surface area contributed by atoms with Crippen LogP contribution in [0.15, 0.2) is 200 Å². The Labute approximate surface area is 317 Å². The molecule has 0 saturated heterocycles. The average molecular weight is 704 g/mol. The van der Waals surface area contributed by atoms with Gasteiger partial charge in [0.2, 0.25) is 0 Å². The fraction of sp³-hybridized carbons (Fsp3) is 0. The molecule has 252 valence electrons. The van der Waals surface area contributed by atoms with Gasteiger partial charge in [-0.25, -0.2) is 0 Å². The molecular formula is C52H33NS. The standard InChI is InChI=1S/C52H33NS/c1-2-10-34(11-3-1)35-20-24-41(25-21-35)53(43-28-29-46-49-30-38-13-4-5-14-39(38)32-50(49)54-51(46)33-43)42-26-22-37(23-27-42)48-31-40-19-18-36-12-6-7-15-44(36)52(40)47-17-9-8-16-45(47)48/h1-33H. The van der Waals surface area contributed by atoms with Gasteiger partial charge in [0.15, 0.2) is 0 Å². The van der Waals surface area contributed by atoms with E-state index in [9.17, 15) is 0 Å². The van der Waals surface area contributed by atoms with Crippen molar-refractivity contribution in [2.45, 2.75) is 0 Å². The molecule has 0 aliphatic heterocycles. The number of thiophene rings is 1. The monoisotopic (exact) mass is 703 g/mol. The summed E-state index contributed by atoms with van der Waals surface area (Å²) >= 11 is 1.87. The van der Waals surface area contributed by atoms with Crippen LogP contribution in [0.2, 0.25) is 0 Å². The van der Waals surface area contributed by atoms with E-state index < -0.39 is 0 Å². The van der Waals surface area contributed by atoms with Gasteiger partial charge in [-0.2, -0.15) is 0 Å². The molecule has 0 saturated carbocycles. The third kappa shape index (κ3) is 5.07. The average Bonchev–Trinajstić information content (AvgIpc) is 3.59. The summed E-state index contributed by atoms with van der Waals surface area (Å²) in [4.78, 5) is 2.39. The molecule has 1 heterocycles. The van der Waals surface area contributed by atoms with Crippen LogP contribution in [0.3, 0.4) is 0 Å². The van der Waals surface area contributed by atoms with Crippen LogP contribution in [0.1, 0.15) is 0 Å². The molecule has 10 aromatic carbocycles. The molecule has 54 heavy (non-hydrogen) atoms. The molecule has 0 unspecified atom stereocenters. The summed E-state index contributed by atoms with van der Waals surface area (Å²) in [7, 11) is 0. The van der Waals surface area contributed by atoms with E-state index >= 15 is 0 Å². The van der Waals surface area contributed by atoms with Gasteiger partial charge in [0.1, 0.15) is 0 Å². The lowest BCUT2D eigenvalue weighted by Crippen LogP contribution is -2.09. The fourth-order valence-electron chi connectivity index (χ4n) is 8.38. The van der Waals surface area contributed by atoms with Gasteiger partial charge in [0.25, 0.3) is 0 Å². The van der Waals surface area contributed by atoms with Crippen molar-refractivity contribution in [1.82, 2.24) is 0 Å². The topological polar surface area (TPSA) is 3.24 Å². The van der Waals surface area contributed by atoms with Gasteiger partial charge in [0.05, 0.1) is 0 Å². The zero-order valence-corrected chi connectivity index (χ0v) is 30.2. The largest absolute Gasteiger partial charge is 0.310 e. The van der Waals surface area contributed by atoms with E-state index in [4.69, 9.17) is 0 Å². The minimum Gasteiger partial charge on any atom is -0.310 e. The van der Waals surface area contributed by atoms with E-state index in [1.54, 1.807) is 0 Å². The highest BCUT2D eigenvalue weighted by Gasteiger charge is 2.17. The van der Waals surface area contributed by atoms with Crippen molar-refractivity contribution >= 4 is 91.7 Å². The van der Waals surface area contributed by atoms with E-state index in [1.165, 1.54) is 85.5 Å². The van der Waals surface area contributed by atoms with Gasteiger partial charge in [-0.1, -0.05) is 146 Å². The highest BCUT2D eigenvalue weighted by molar-refractivity contribution is 7.25. The first-order chi connectivity index (χ1) is 26.7. The van der Waals surface area contributed by atoms with Gasteiger partial charge < -0.3 is 4.90 Å². The summed E-state index contributed by atoms with van der Waals surface area (Å²) in [5.74, 6) is 0. The molecule has 1 nitrogen and oxygen atoms in total. The van der Waals surface area contributed by atoms with Crippen LogP contribution in [0.4, 0.5) is 17.1 Å². The van der Waals surface area contributed by atoms with Gasteiger partial charge in [-0.15, -0.1) is 11.3 Å². The molecule has 2 heteroatoms. The van der Waals surface area contributed by atoms with Crippen molar-refractivity contribution in [2.24, 2.45) is 0 Å². The van der Waals surface area contributed by atoms with Crippen LogP contribution in [0.25, 0.3) is 85.5 Å². The second-order valence-corrected chi connectivity index (χ2v) is 15.2. The number of benzene rings is 10. The van der Waals surface area contributed by atoms with Gasteiger partial charge in [-0.3, -0.25) is 0 Å². The molecule has 0 fully saturated rings. The van der Waals surface area contributed by atoms with Crippen molar-refractivity contribution in [3.05, 3.63) is 200 Å². The summed E-state index contributed by atoms with van der Waals surface area (Å²) in [5, 5.41) is 12.9. The molecule has 0 radical (unpaired) electrons. The molecule has 0 N–H and O–H groups in total. The zero-order chi connectivity index (χ0) is 35.6. The molecular weight excluding hydrogens is 671 g/mol. The van der Waals surface area contributed by atoms with E-state index in [-0.39, 0.29) is 0 Å². The number of fused-ring (bicyclic) bond motifs is 9. The number of anilines is 3. The van der Waals surface area contributed by atoms with Crippen molar-refractivity contribution in [3.8, 4) is 22.3 Å². The number of hydrogen-bond acceptors (Lipinski definition) is 2. The van der Waals surface area contributed by atoms with E-state index in [2.05, 4.69) is 205 Å². The minimum absolute atomic E-state index is 1.12. The van der Waals surface area contributed by atoms with Crippen LogP contribution < -0.4 is 4.90 Å². The van der Waals surface area contributed by atoms with Crippen LogP contribution in [-0.4, -0.2) is 0 Å². The summed E-state index contributed by atoms with van der Waals surface area (Å²) in [5.41, 5.74) is 8.26. The third-order valence-corrected chi connectivity index (χ3v) is 12.1. The first-order valence-electron chi connectivity index (χ1n) is 18.5. The maximum atomic E-state index is 2.39. The summed E-state index contributed by atoms with van der Waals surface area (Å²) < 4.78 is 2.61. The lowest BCUT2D eigenvalue weighted by atomic mass is 9.91. The van der Waals surface area contributed by atoms with Crippen LogP contribution >= 0.6 is 11.3 Å². The Morgan fingerprint density at radius 2 is 0.852 bits per heavy atom. The van der Waals surface area contributed by atoms with E-state index in [0.29, 0.717) is 0 Å². The predicted octanol–water partition coefficient (Wildman–Crippen LogP) is 15.5. The Morgan fingerprint density at radius 3 is 1.61 bits per heavy atom. The van der Waals surface area contributed by atoms with Crippen molar-refractivity contribution in [3.63, 3.8) is 0 Å². The minimum atomic E-state index is 1.12. The molecule has 0 bridgehead atoms. The SMILES string of the molecule is c1ccc(-c2ccc(N(c3ccc(-c4cc5ccc6ccccc6c5c5ccccc45)cc3)c3ccc4c(c3)sc3cc5ccccc5cc34)cc2)cc1. The molecule has 11 rings (SSSR count). The fourth-order valence-corrected chi connectivity index (χ4v) is 9.55. The Bertz CT molecular complexity index is 3190. The Morgan fingerprint density at radius 1 is 0.296 bits per heavy atom. The van der Waals surface area contributed by atoms with E-state index in [0.717, 1.165) is 17.1 Å². The smallest absolute Gasteiger partial charge is 0.0476 e. The zero-order valence-electron chi connectivity index (χ0n) is 29.4. The van der Waals surface area contributed by atoms with E-state index in [1.807, 2.05) is 11.3 Å². The maximum absolute atomic E-state index is 2.39. The quantitative estimate of drug-likeness (QED) is 0.161. The summed E-state index contributed by atoms with van der Waals surface area (Å²) in [6.45, 7) is 0. The first-order valence-corrected chi connectivity index (χ1v) is 19.3. The third-order valence-electron chi connectivity index (χ3n) is 11.0. The molecule has 1 aromatic heterocycles. The molecule has 0 atom stereocenters. The lowest BCUT2D eigenvalue weighted by molar-refractivity contribution is 1.29. The second-order valence-electron chi connectivity index (χ2n) is 14.1. The molecule has 11 aromatic rings. The Balaban J connectivity index is 1.05. The van der Waals surface area contributed by atoms with Crippen molar-refractivity contribution in [2.75, 3.05) is 4.90 Å². The van der Waals surface area contributed by atoms with Crippen molar-refractivity contribution < 1.29 is 0 Å². The number of rotatable bonds is 5. The molecule has 0 amide bonds. The summed E-state index contributed by atoms with van der Waals surface area (Å²) in [6, 6.07) is 73.5. The summed E-state index contributed by atoms with van der Waals surface area (Å²) in [6.07, 6.45) is 0. The Kier molecular flexibility index (Phi) is 7.11. The lowest BCUT2D eigenvalue weighted by Gasteiger charge is -2.26. The highest BCUT2D eigenvalue weighted by atomic mass is 32.1. The van der Waals surface area contributed by atoms with Gasteiger partial charge in [0, 0.05) is 37.2 Å². The molecule has 0 aliphatic carbocycles. The van der Waals surface area contributed by atoms with Crippen LogP contribution in [-0.2, 0) is 0 Å². The van der Waals surface area contributed by atoms with Crippen molar-refractivity contribution in [1.29, 1.82) is 0 Å². The predicted molar refractivity (Wildman–Crippen MR) is 235 cm³/mol. The molecule has 0 spiro atoms. The number of hydrogen-bond donors (Lipinski definition) is 0. The van der Waals surface area contributed by atoms with Crippen LogP contribution in [0.5, 0.6) is 0 Å². The first kappa shape index (κ1) is 30.8. The number of nitrogens with zero attached hydrogens (tertiary/aromatic N) is 1. The molecule has 0 aliphatic rings. The maximum Gasteiger partial charge on any atom is 0.0476 e. The normalized spacial score (nSPS) is 11.7. The second kappa shape index (κ2) is 12.4.